The van der Waals surface area contributed by atoms with Gasteiger partial charge in [0.1, 0.15) is 0 Å². The minimum absolute atomic E-state index is 0.170. The summed E-state index contributed by atoms with van der Waals surface area (Å²) in [5, 5.41) is 3.63. The molecule has 3 unspecified atom stereocenters. The van der Waals surface area contributed by atoms with E-state index in [9.17, 15) is 0 Å². The smallest absolute Gasteiger partial charge is 0.0258 e. The van der Waals surface area contributed by atoms with Crippen molar-refractivity contribution in [2.75, 3.05) is 6.54 Å². The molecule has 1 rings (SSSR count). The van der Waals surface area contributed by atoms with E-state index in [-0.39, 0.29) is 5.41 Å². The SMILES string of the molecule is CC(C)C#CC(C)(C)CCC(C)C(C)CC1CCCN1. The van der Waals surface area contributed by atoms with E-state index in [0.717, 1.165) is 17.9 Å². The number of nitrogens with one attached hydrogen (secondary N) is 1. The third-order valence-corrected chi connectivity index (χ3v) is 4.71. The van der Waals surface area contributed by atoms with E-state index in [1.165, 1.54) is 38.6 Å². The lowest BCUT2D eigenvalue weighted by molar-refractivity contribution is 0.280. The van der Waals surface area contributed by atoms with E-state index in [0.29, 0.717) is 5.92 Å². The highest BCUT2D eigenvalue weighted by Crippen LogP contribution is 2.29. The second-order valence-electron chi connectivity index (χ2n) is 7.83. The van der Waals surface area contributed by atoms with E-state index in [4.69, 9.17) is 0 Å². The Labute approximate surface area is 127 Å². The van der Waals surface area contributed by atoms with E-state index >= 15 is 0 Å². The number of hydrogen-bond acceptors (Lipinski definition) is 1. The molecule has 20 heavy (non-hydrogen) atoms. The Balaban J connectivity index is 2.34. The molecule has 1 nitrogen and oxygen atoms in total. The third kappa shape index (κ3) is 6.80. The summed E-state index contributed by atoms with van der Waals surface area (Å²) in [5.74, 6) is 8.91. The predicted octanol–water partition coefficient (Wildman–Crippen LogP) is 4.87. The summed E-state index contributed by atoms with van der Waals surface area (Å²) < 4.78 is 0. The summed E-state index contributed by atoms with van der Waals surface area (Å²) in [6.45, 7) is 15.0. The molecule has 1 aliphatic heterocycles. The van der Waals surface area contributed by atoms with Crippen LogP contribution >= 0.6 is 0 Å². The van der Waals surface area contributed by atoms with Crippen LogP contribution < -0.4 is 5.32 Å². The number of rotatable bonds is 6. The Morgan fingerprint density at radius 3 is 2.40 bits per heavy atom. The second-order valence-corrected chi connectivity index (χ2v) is 7.83. The maximum atomic E-state index is 3.63. The van der Waals surface area contributed by atoms with Crippen molar-refractivity contribution in [3.05, 3.63) is 0 Å². The van der Waals surface area contributed by atoms with Crippen LogP contribution in [0.3, 0.4) is 0 Å². The van der Waals surface area contributed by atoms with Gasteiger partial charge in [-0.15, -0.1) is 0 Å². The van der Waals surface area contributed by atoms with Gasteiger partial charge in [-0.25, -0.2) is 0 Å². The Morgan fingerprint density at radius 1 is 1.15 bits per heavy atom. The van der Waals surface area contributed by atoms with Crippen molar-refractivity contribution in [1.82, 2.24) is 5.32 Å². The maximum absolute atomic E-state index is 3.63. The molecule has 0 radical (unpaired) electrons. The van der Waals surface area contributed by atoms with Gasteiger partial charge in [0.25, 0.3) is 0 Å². The van der Waals surface area contributed by atoms with Crippen LogP contribution in [0.1, 0.15) is 73.6 Å². The largest absolute Gasteiger partial charge is 0.314 e. The first kappa shape index (κ1) is 17.6. The molecular formula is C19H35N. The zero-order valence-electron chi connectivity index (χ0n) is 14.6. The van der Waals surface area contributed by atoms with Gasteiger partial charge >= 0.3 is 0 Å². The van der Waals surface area contributed by atoms with Crippen LogP contribution in [0.2, 0.25) is 0 Å². The molecule has 0 amide bonds. The van der Waals surface area contributed by atoms with Crippen molar-refractivity contribution in [3.8, 4) is 11.8 Å². The lowest BCUT2D eigenvalue weighted by Gasteiger charge is -2.26. The van der Waals surface area contributed by atoms with Crippen molar-refractivity contribution >= 4 is 0 Å². The molecule has 1 heteroatoms. The molecule has 0 bridgehead atoms. The van der Waals surface area contributed by atoms with Crippen LogP contribution in [0.4, 0.5) is 0 Å². The van der Waals surface area contributed by atoms with Crippen molar-refractivity contribution in [2.24, 2.45) is 23.2 Å². The normalized spacial score (nSPS) is 22.4. The zero-order valence-corrected chi connectivity index (χ0v) is 14.6. The third-order valence-electron chi connectivity index (χ3n) is 4.71. The van der Waals surface area contributed by atoms with Gasteiger partial charge in [-0.1, -0.05) is 39.5 Å². The van der Waals surface area contributed by atoms with Crippen molar-refractivity contribution in [3.63, 3.8) is 0 Å². The number of hydrogen-bond donors (Lipinski definition) is 1. The molecule has 3 atom stereocenters. The molecule has 0 aromatic heterocycles. The first-order valence-corrected chi connectivity index (χ1v) is 8.56. The first-order valence-electron chi connectivity index (χ1n) is 8.56. The predicted molar refractivity (Wildman–Crippen MR) is 89.6 cm³/mol. The molecule has 1 heterocycles. The molecule has 1 saturated heterocycles. The molecular weight excluding hydrogens is 242 g/mol. The van der Waals surface area contributed by atoms with Gasteiger partial charge in [0.15, 0.2) is 0 Å². The van der Waals surface area contributed by atoms with Crippen LogP contribution in [0, 0.1) is 35.0 Å². The van der Waals surface area contributed by atoms with Gasteiger partial charge in [0, 0.05) is 17.4 Å². The summed E-state index contributed by atoms with van der Waals surface area (Å²) in [5.41, 5.74) is 0.170. The highest BCUT2D eigenvalue weighted by atomic mass is 14.9. The zero-order chi connectivity index (χ0) is 15.2. The van der Waals surface area contributed by atoms with Crippen molar-refractivity contribution in [2.45, 2.75) is 79.7 Å². The molecule has 1 aliphatic rings. The average Bonchev–Trinajstić information content (AvgIpc) is 2.86. The highest BCUT2D eigenvalue weighted by molar-refractivity contribution is 5.10. The summed E-state index contributed by atoms with van der Waals surface area (Å²) in [4.78, 5) is 0. The minimum atomic E-state index is 0.170. The lowest BCUT2D eigenvalue weighted by atomic mass is 9.80. The van der Waals surface area contributed by atoms with Gasteiger partial charge in [-0.05, 0) is 64.3 Å². The molecule has 116 valence electrons. The Hall–Kier alpha value is -0.480. The standard InChI is InChI=1S/C19H35N/c1-15(2)9-11-19(5,6)12-10-16(3)17(4)14-18-8-7-13-20-18/h15-18,20H,7-8,10,12-14H2,1-6H3. The summed E-state index contributed by atoms with van der Waals surface area (Å²) in [7, 11) is 0. The molecule has 0 aliphatic carbocycles. The minimum Gasteiger partial charge on any atom is -0.314 e. The fraction of sp³-hybridized carbons (Fsp3) is 0.895. The Morgan fingerprint density at radius 2 is 1.85 bits per heavy atom. The molecule has 0 saturated carbocycles. The average molecular weight is 277 g/mol. The van der Waals surface area contributed by atoms with Crippen LogP contribution in [0.25, 0.3) is 0 Å². The van der Waals surface area contributed by atoms with Crippen LogP contribution in [0.5, 0.6) is 0 Å². The topological polar surface area (TPSA) is 12.0 Å². The van der Waals surface area contributed by atoms with E-state index < -0.39 is 0 Å². The molecule has 0 spiro atoms. The van der Waals surface area contributed by atoms with Crippen LogP contribution in [-0.4, -0.2) is 12.6 Å². The van der Waals surface area contributed by atoms with Crippen LogP contribution in [0.15, 0.2) is 0 Å². The Kier molecular flexibility index (Phi) is 7.10. The maximum Gasteiger partial charge on any atom is 0.0258 e. The molecule has 0 aromatic rings. The van der Waals surface area contributed by atoms with E-state index in [1.54, 1.807) is 0 Å². The Bertz CT molecular complexity index is 325. The van der Waals surface area contributed by atoms with Gasteiger partial charge in [-0.2, -0.15) is 0 Å². The second kappa shape index (κ2) is 8.08. The molecule has 1 N–H and O–H groups in total. The van der Waals surface area contributed by atoms with E-state index in [1.807, 2.05) is 0 Å². The van der Waals surface area contributed by atoms with Gasteiger partial charge in [0.05, 0.1) is 0 Å². The monoisotopic (exact) mass is 277 g/mol. The van der Waals surface area contributed by atoms with Gasteiger partial charge in [-0.3, -0.25) is 0 Å². The van der Waals surface area contributed by atoms with Gasteiger partial charge < -0.3 is 5.32 Å². The fourth-order valence-electron chi connectivity index (χ4n) is 2.91. The highest BCUT2D eigenvalue weighted by Gasteiger charge is 2.22. The summed E-state index contributed by atoms with van der Waals surface area (Å²) in [6.07, 6.45) is 6.61. The van der Waals surface area contributed by atoms with Gasteiger partial charge in [0.2, 0.25) is 0 Å². The molecule has 1 fully saturated rings. The first-order chi connectivity index (χ1) is 9.30. The van der Waals surface area contributed by atoms with Crippen molar-refractivity contribution < 1.29 is 0 Å². The lowest BCUT2D eigenvalue weighted by Crippen LogP contribution is -2.26. The summed E-state index contributed by atoms with van der Waals surface area (Å²) >= 11 is 0. The van der Waals surface area contributed by atoms with Crippen molar-refractivity contribution in [1.29, 1.82) is 0 Å². The van der Waals surface area contributed by atoms with E-state index in [2.05, 4.69) is 58.7 Å². The summed E-state index contributed by atoms with van der Waals surface area (Å²) in [6, 6.07) is 0.779. The molecule has 0 aromatic carbocycles. The quantitative estimate of drug-likeness (QED) is 0.683. The fourth-order valence-corrected chi connectivity index (χ4v) is 2.91. The van der Waals surface area contributed by atoms with Crippen LogP contribution in [-0.2, 0) is 0 Å².